The molecule has 0 radical (unpaired) electrons. The van der Waals surface area contributed by atoms with E-state index in [9.17, 15) is 4.79 Å². The summed E-state index contributed by atoms with van der Waals surface area (Å²) in [6.07, 6.45) is 1.86. The normalized spacial score (nSPS) is 15.4. The lowest BCUT2D eigenvalue weighted by atomic mass is 10.1. The maximum atomic E-state index is 11.2. The molecule has 5 rings (SSSR count). The number of nitrogens with zero attached hydrogens (tertiary/aromatic N) is 5. The molecule has 4 heterocycles. The van der Waals surface area contributed by atoms with Crippen molar-refractivity contribution in [1.29, 1.82) is 0 Å². The molecule has 3 aromatic heterocycles. The third-order valence-corrected chi connectivity index (χ3v) is 7.36. The number of pyridine rings is 1. The molecule has 0 saturated carbocycles. The first kappa shape index (κ1) is 20.2. The fourth-order valence-electron chi connectivity index (χ4n) is 3.98. The highest BCUT2D eigenvalue weighted by molar-refractivity contribution is 7.18. The number of amides is 1. The van der Waals surface area contributed by atoms with Gasteiger partial charge in [-0.2, -0.15) is 0 Å². The van der Waals surface area contributed by atoms with Crippen LogP contribution < -0.4 is 5.32 Å². The number of anilines is 1. The standard InChI is InChI=1S/C22H22N6OS2/c1-13(16-4-6-20-19(11-16)23-12-30-20)28-9-7-15-3-5-18(25-17(15)8-10-28)21-26-27-22(31-21)24-14(2)29/h3-6,11-13H,7-10H2,1-2H3,(H,24,27,29)/t13-/m0/s1. The molecule has 4 aromatic rings. The van der Waals surface area contributed by atoms with Crippen LogP contribution in [0.4, 0.5) is 5.13 Å². The van der Waals surface area contributed by atoms with Gasteiger partial charge in [-0.1, -0.05) is 23.5 Å². The maximum Gasteiger partial charge on any atom is 0.223 e. The topological polar surface area (TPSA) is 83.9 Å². The second-order valence-electron chi connectivity index (χ2n) is 7.69. The summed E-state index contributed by atoms with van der Waals surface area (Å²) in [6, 6.07) is 11.1. The summed E-state index contributed by atoms with van der Waals surface area (Å²) >= 11 is 3.02. The minimum atomic E-state index is -0.152. The van der Waals surface area contributed by atoms with Crippen LogP contribution in [0.25, 0.3) is 20.9 Å². The smallest absolute Gasteiger partial charge is 0.223 e. The molecule has 1 amide bonds. The Labute approximate surface area is 188 Å². The first-order valence-corrected chi connectivity index (χ1v) is 11.9. The van der Waals surface area contributed by atoms with Gasteiger partial charge < -0.3 is 5.32 Å². The predicted molar refractivity (Wildman–Crippen MR) is 124 cm³/mol. The predicted octanol–water partition coefficient (Wildman–Crippen LogP) is 4.33. The van der Waals surface area contributed by atoms with Crippen LogP contribution in [-0.4, -0.2) is 44.1 Å². The molecule has 1 aliphatic heterocycles. The lowest BCUT2D eigenvalue weighted by Gasteiger charge is -2.27. The largest absolute Gasteiger partial charge is 0.301 e. The van der Waals surface area contributed by atoms with Gasteiger partial charge in [-0.25, -0.2) is 9.97 Å². The minimum Gasteiger partial charge on any atom is -0.301 e. The Balaban J connectivity index is 1.33. The van der Waals surface area contributed by atoms with Crippen molar-refractivity contribution >= 4 is 43.9 Å². The number of fused-ring (bicyclic) bond motifs is 2. The zero-order valence-corrected chi connectivity index (χ0v) is 19.0. The van der Waals surface area contributed by atoms with E-state index in [0.717, 1.165) is 47.8 Å². The molecule has 7 nitrogen and oxygen atoms in total. The van der Waals surface area contributed by atoms with Gasteiger partial charge in [-0.15, -0.1) is 21.5 Å². The van der Waals surface area contributed by atoms with Crippen molar-refractivity contribution in [3.8, 4) is 10.7 Å². The van der Waals surface area contributed by atoms with Crippen LogP contribution in [0.3, 0.4) is 0 Å². The Kier molecular flexibility index (Phi) is 5.47. The number of hydrogen-bond donors (Lipinski definition) is 1. The van der Waals surface area contributed by atoms with Crippen LogP contribution in [0, 0.1) is 0 Å². The Morgan fingerprint density at radius 1 is 1.16 bits per heavy atom. The summed E-state index contributed by atoms with van der Waals surface area (Å²) in [4.78, 5) is 23.1. The second-order valence-corrected chi connectivity index (χ2v) is 9.55. The molecule has 0 bridgehead atoms. The van der Waals surface area contributed by atoms with Gasteiger partial charge in [0.15, 0.2) is 5.01 Å². The van der Waals surface area contributed by atoms with Crippen molar-refractivity contribution in [3.63, 3.8) is 0 Å². The number of hydrogen-bond acceptors (Lipinski definition) is 8. The second kappa shape index (κ2) is 8.41. The zero-order chi connectivity index (χ0) is 21.4. The molecule has 31 heavy (non-hydrogen) atoms. The molecule has 9 heteroatoms. The Morgan fingerprint density at radius 2 is 2.03 bits per heavy atom. The van der Waals surface area contributed by atoms with E-state index in [0.29, 0.717) is 11.2 Å². The van der Waals surface area contributed by atoms with Crippen LogP contribution in [-0.2, 0) is 17.6 Å². The quantitative estimate of drug-likeness (QED) is 0.498. The highest BCUT2D eigenvalue weighted by Crippen LogP contribution is 2.30. The molecule has 1 aromatic carbocycles. The average Bonchev–Trinajstić information content (AvgIpc) is 3.37. The first-order valence-electron chi connectivity index (χ1n) is 10.2. The van der Waals surface area contributed by atoms with Crippen LogP contribution in [0.5, 0.6) is 0 Å². The molecule has 0 unspecified atom stereocenters. The van der Waals surface area contributed by atoms with Crippen molar-refractivity contribution in [2.75, 3.05) is 18.4 Å². The number of thiazole rings is 1. The Bertz CT molecular complexity index is 1250. The SMILES string of the molecule is CC(=O)Nc1nnc(-c2ccc3c(n2)CCN([C@@H](C)c2ccc4scnc4c2)CC3)s1. The third kappa shape index (κ3) is 4.21. The van der Waals surface area contributed by atoms with E-state index >= 15 is 0 Å². The van der Waals surface area contributed by atoms with Gasteiger partial charge in [0.25, 0.3) is 0 Å². The molecule has 0 aliphatic carbocycles. The van der Waals surface area contributed by atoms with E-state index in [1.54, 1.807) is 11.3 Å². The Morgan fingerprint density at radius 3 is 2.90 bits per heavy atom. The summed E-state index contributed by atoms with van der Waals surface area (Å²) in [5.41, 5.74) is 7.51. The molecular formula is C22H22N6OS2. The summed E-state index contributed by atoms with van der Waals surface area (Å²) in [6.45, 7) is 5.68. The molecular weight excluding hydrogens is 428 g/mol. The van der Waals surface area contributed by atoms with Crippen molar-refractivity contribution in [1.82, 2.24) is 25.1 Å². The molecule has 1 aliphatic rings. The highest BCUT2D eigenvalue weighted by atomic mass is 32.1. The van der Waals surface area contributed by atoms with E-state index in [1.165, 1.54) is 34.1 Å². The lowest BCUT2D eigenvalue weighted by Crippen LogP contribution is -2.29. The summed E-state index contributed by atoms with van der Waals surface area (Å²) in [7, 11) is 0. The van der Waals surface area contributed by atoms with Crippen molar-refractivity contribution in [2.24, 2.45) is 0 Å². The maximum absolute atomic E-state index is 11.2. The molecule has 0 fully saturated rings. The van der Waals surface area contributed by atoms with E-state index in [1.807, 2.05) is 11.6 Å². The Hall–Kier alpha value is -2.75. The summed E-state index contributed by atoms with van der Waals surface area (Å²) in [5.74, 6) is -0.152. The van der Waals surface area contributed by atoms with Crippen molar-refractivity contribution < 1.29 is 4.79 Å². The van der Waals surface area contributed by atoms with E-state index in [2.05, 4.69) is 56.6 Å². The van der Waals surface area contributed by atoms with Gasteiger partial charge in [0, 0.05) is 38.2 Å². The molecule has 1 N–H and O–H groups in total. The number of aromatic nitrogens is 4. The monoisotopic (exact) mass is 450 g/mol. The van der Waals surface area contributed by atoms with Gasteiger partial charge in [0.05, 0.1) is 15.7 Å². The summed E-state index contributed by atoms with van der Waals surface area (Å²) in [5, 5.41) is 12.1. The highest BCUT2D eigenvalue weighted by Gasteiger charge is 2.22. The van der Waals surface area contributed by atoms with Crippen LogP contribution >= 0.6 is 22.7 Å². The van der Waals surface area contributed by atoms with Gasteiger partial charge in [0.1, 0.15) is 5.69 Å². The molecule has 0 saturated heterocycles. The number of benzene rings is 1. The van der Waals surface area contributed by atoms with Crippen molar-refractivity contribution in [2.45, 2.75) is 32.7 Å². The minimum absolute atomic E-state index is 0.152. The fraction of sp³-hybridized carbons (Fsp3) is 0.318. The van der Waals surface area contributed by atoms with Gasteiger partial charge in [-0.3, -0.25) is 9.69 Å². The summed E-state index contributed by atoms with van der Waals surface area (Å²) < 4.78 is 1.23. The van der Waals surface area contributed by atoms with Gasteiger partial charge >= 0.3 is 0 Å². The molecule has 158 valence electrons. The van der Waals surface area contributed by atoms with Crippen LogP contribution in [0.1, 0.15) is 36.7 Å². The number of rotatable bonds is 4. The van der Waals surface area contributed by atoms with Crippen molar-refractivity contribution in [3.05, 3.63) is 52.7 Å². The molecule has 1 atom stereocenters. The van der Waals surface area contributed by atoms with Crippen LogP contribution in [0.2, 0.25) is 0 Å². The number of carbonyl (C=O) groups excluding carboxylic acids is 1. The average molecular weight is 451 g/mol. The fourth-order valence-corrected chi connectivity index (χ4v) is 5.40. The zero-order valence-electron chi connectivity index (χ0n) is 17.3. The number of nitrogens with one attached hydrogen (secondary N) is 1. The van der Waals surface area contributed by atoms with Crippen LogP contribution in [0.15, 0.2) is 35.8 Å². The lowest BCUT2D eigenvalue weighted by molar-refractivity contribution is -0.114. The van der Waals surface area contributed by atoms with E-state index < -0.39 is 0 Å². The third-order valence-electron chi connectivity index (χ3n) is 5.68. The first-order chi connectivity index (χ1) is 15.1. The number of carbonyl (C=O) groups is 1. The van der Waals surface area contributed by atoms with E-state index in [4.69, 9.17) is 4.98 Å². The molecule has 0 spiro atoms. The van der Waals surface area contributed by atoms with Gasteiger partial charge in [0.2, 0.25) is 11.0 Å². The van der Waals surface area contributed by atoms with E-state index in [-0.39, 0.29) is 5.91 Å². The van der Waals surface area contributed by atoms with Gasteiger partial charge in [-0.05, 0) is 42.7 Å².